The first kappa shape index (κ1) is 16.3. The Kier molecular flexibility index (Phi) is 5.29. The zero-order chi connectivity index (χ0) is 15.5. The summed E-state index contributed by atoms with van der Waals surface area (Å²) in [5.74, 6) is 0.220. The molecule has 0 saturated carbocycles. The molecule has 0 aliphatic carbocycles. The molecule has 0 fully saturated rings. The molecular weight excluding hydrogens is 380 g/mol. The fourth-order valence-electron chi connectivity index (χ4n) is 1.85. The van der Waals surface area contributed by atoms with Gasteiger partial charge in [0, 0.05) is 21.7 Å². The monoisotopic (exact) mass is 392 g/mol. The second-order valence-electron chi connectivity index (χ2n) is 4.40. The van der Waals surface area contributed by atoms with Crippen LogP contribution in [0.2, 0.25) is 0 Å². The van der Waals surface area contributed by atoms with Crippen molar-refractivity contribution >= 4 is 35.7 Å². The van der Waals surface area contributed by atoms with E-state index in [-0.39, 0.29) is 17.3 Å². The Labute approximate surface area is 136 Å². The molecule has 8 heteroatoms. The van der Waals surface area contributed by atoms with Crippen LogP contribution >= 0.6 is 26.6 Å². The van der Waals surface area contributed by atoms with Crippen LogP contribution in [0.25, 0.3) is 0 Å². The van der Waals surface area contributed by atoms with Crippen molar-refractivity contribution in [1.82, 2.24) is 9.55 Å². The molecule has 1 aromatic carbocycles. The van der Waals surface area contributed by atoms with E-state index in [4.69, 9.17) is 15.4 Å². The molecule has 114 valence electrons. The number of imidazole rings is 1. The topological polar surface area (TPSA) is 61.2 Å². The van der Waals surface area contributed by atoms with Crippen molar-refractivity contribution < 1.29 is 13.2 Å². The van der Waals surface area contributed by atoms with Crippen molar-refractivity contribution in [3.63, 3.8) is 0 Å². The van der Waals surface area contributed by atoms with Crippen LogP contribution in [0, 0.1) is 0 Å². The molecule has 0 atom stereocenters. The number of hydrogen-bond acceptors (Lipinski definition) is 4. The van der Waals surface area contributed by atoms with E-state index in [1.54, 1.807) is 24.7 Å². The van der Waals surface area contributed by atoms with E-state index in [1.807, 2.05) is 4.57 Å². The van der Waals surface area contributed by atoms with Crippen LogP contribution in [0.5, 0.6) is 5.75 Å². The summed E-state index contributed by atoms with van der Waals surface area (Å²) in [5, 5.41) is 0. The molecular formula is C13H14BrClN2O3S. The summed E-state index contributed by atoms with van der Waals surface area (Å²) in [6.45, 7) is 3.12. The van der Waals surface area contributed by atoms with Gasteiger partial charge in [-0.05, 0) is 24.6 Å². The number of nitrogens with zero attached hydrogens (tertiary/aromatic N) is 2. The van der Waals surface area contributed by atoms with Crippen molar-refractivity contribution in [3.05, 3.63) is 40.9 Å². The molecule has 0 aliphatic rings. The van der Waals surface area contributed by atoms with E-state index in [9.17, 15) is 8.42 Å². The summed E-state index contributed by atoms with van der Waals surface area (Å²) in [7, 11) is 1.56. The van der Waals surface area contributed by atoms with Crippen LogP contribution in [-0.2, 0) is 22.2 Å². The molecule has 21 heavy (non-hydrogen) atoms. The van der Waals surface area contributed by atoms with Crippen LogP contribution in [0.3, 0.4) is 0 Å². The number of rotatable bonds is 6. The maximum absolute atomic E-state index is 11.6. The Morgan fingerprint density at radius 3 is 2.86 bits per heavy atom. The minimum absolute atomic E-state index is 0.0555. The lowest BCUT2D eigenvalue weighted by molar-refractivity contribution is 0.287. The third kappa shape index (κ3) is 4.21. The van der Waals surface area contributed by atoms with E-state index in [1.165, 1.54) is 6.07 Å². The Morgan fingerprint density at radius 1 is 1.43 bits per heavy atom. The third-order valence-electron chi connectivity index (χ3n) is 2.81. The van der Waals surface area contributed by atoms with Gasteiger partial charge in [-0.1, -0.05) is 22.9 Å². The number of aromatic nitrogens is 2. The molecule has 5 nitrogen and oxygen atoms in total. The lowest BCUT2D eigenvalue weighted by Crippen LogP contribution is -2.06. The SMILES string of the molecule is CCCn1cncc1COc1ccc(Br)cc1S(=O)(=O)Cl. The number of hydrogen-bond donors (Lipinski definition) is 0. The molecule has 1 aromatic heterocycles. The average Bonchev–Trinajstić information content (AvgIpc) is 2.84. The summed E-state index contributed by atoms with van der Waals surface area (Å²) in [6.07, 6.45) is 4.40. The zero-order valence-corrected chi connectivity index (χ0v) is 14.4. The maximum Gasteiger partial charge on any atom is 0.265 e. The van der Waals surface area contributed by atoms with Gasteiger partial charge in [-0.2, -0.15) is 0 Å². The highest BCUT2D eigenvalue weighted by molar-refractivity contribution is 9.10. The van der Waals surface area contributed by atoms with Gasteiger partial charge in [0.15, 0.2) is 0 Å². The van der Waals surface area contributed by atoms with Gasteiger partial charge in [0.2, 0.25) is 0 Å². The van der Waals surface area contributed by atoms with Crippen LogP contribution in [0.4, 0.5) is 0 Å². The molecule has 0 bridgehead atoms. The predicted molar refractivity (Wildman–Crippen MR) is 84.0 cm³/mol. The quantitative estimate of drug-likeness (QED) is 0.704. The average molecular weight is 394 g/mol. The van der Waals surface area contributed by atoms with Gasteiger partial charge >= 0.3 is 0 Å². The minimum atomic E-state index is -3.87. The van der Waals surface area contributed by atoms with Gasteiger partial charge in [-0.15, -0.1) is 0 Å². The van der Waals surface area contributed by atoms with Gasteiger partial charge in [0.1, 0.15) is 17.3 Å². The second-order valence-corrected chi connectivity index (χ2v) is 7.85. The standard InChI is InChI=1S/C13H14BrClN2O3S/c1-2-5-17-9-16-7-11(17)8-20-12-4-3-10(14)6-13(12)21(15,18)19/h3-4,6-7,9H,2,5,8H2,1H3. The predicted octanol–water partition coefficient (Wildman–Crippen LogP) is 3.56. The van der Waals surface area contributed by atoms with Gasteiger partial charge in [0.25, 0.3) is 9.05 Å². The van der Waals surface area contributed by atoms with Crippen molar-refractivity contribution in [2.45, 2.75) is 31.4 Å². The number of benzene rings is 1. The molecule has 1 heterocycles. The lowest BCUT2D eigenvalue weighted by Gasteiger charge is -2.11. The van der Waals surface area contributed by atoms with Crippen LogP contribution in [0.1, 0.15) is 19.0 Å². The van der Waals surface area contributed by atoms with E-state index in [2.05, 4.69) is 27.8 Å². The summed E-state index contributed by atoms with van der Waals surface area (Å²) in [6, 6.07) is 4.69. The van der Waals surface area contributed by atoms with E-state index >= 15 is 0 Å². The molecule has 0 amide bonds. The van der Waals surface area contributed by atoms with Crippen LogP contribution in [-0.4, -0.2) is 18.0 Å². The molecule has 2 rings (SSSR count). The van der Waals surface area contributed by atoms with Crippen molar-refractivity contribution in [3.8, 4) is 5.75 Å². The van der Waals surface area contributed by atoms with Crippen LogP contribution < -0.4 is 4.74 Å². The van der Waals surface area contributed by atoms with Gasteiger partial charge in [0.05, 0.1) is 18.2 Å². The number of ether oxygens (including phenoxy) is 1. The highest BCUT2D eigenvalue weighted by atomic mass is 79.9. The Bertz CT molecular complexity index is 731. The molecule has 0 aliphatic heterocycles. The molecule has 0 spiro atoms. The normalized spacial score (nSPS) is 11.6. The fraction of sp³-hybridized carbons (Fsp3) is 0.308. The van der Waals surface area contributed by atoms with Crippen molar-refractivity contribution in [2.24, 2.45) is 0 Å². The number of aryl methyl sites for hydroxylation is 1. The van der Waals surface area contributed by atoms with E-state index in [0.29, 0.717) is 4.47 Å². The molecule has 0 N–H and O–H groups in total. The smallest absolute Gasteiger partial charge is 0.265 e. The molecule has 0 saturated heterocycles. The third-order valence-corrected chi connectivity index (χ3v) is 4.64. The molecule has 0 unspecified atom stereocenters. The fourth-order valence-corrected chi connectivity index (χ4v) is 3.36. The maximum atomic E-state index is 11.6. The first-order valence-corrected chi connectivity index (χ1v) is 9.38. The Balaban J connectivity index is 2.22. The lowest BCUT2D eigenvalue weighted by atomic mass is 10.3. The first-order valence-electron chi connectivity index (χ1n) is 6.28. The van der Waals surface area contributed by atoms with Crippen molar-refractivity contribution in [1.29, 1.82) is 0 Å². The van der Waals surface area contributed by atoms with Gasteiger partial charge in [-0.3, -0.25) is 0 Å². The Hall–Kier alpha value is -1.05. The summed E-state index contributed by atoms with van der Waals surface area (Å²) in [5.41, 5.74) is 0.873. The zero-order valence-electron chi connectivity index (χ0n) is 11.3. The minimum Gasteiger partial charge on any atom is -0.486 e. The Morgan fingerprint density at radius 2 is 2.19 bits per heavy atom. The highest BCUT2D eigenvalue weighted by Gasteiger charge is 2.18. The molecule has 0 radical (unpaired) electrons. The van der Waals surface area contributed by atoms with Gasteiger partial charge in [-0.25, -0.2) is 13.4 Å². The van der Waals surface area contributed by atoms with E-state index in [0.717, 1.165) is 18.7 Å². The van der Waals surface area contributed by atoms with Crippen LogP contribution in [0.15, 0.2) is 40.1 Å². The largest absolute Gasteiger partial charge is 0.486 e. The molecule has 2 aromatic rings. The van der Waals surface area contributed by atoms with E-state index < -0.39 is 9.05 Å². The summed E-state index contributed by atoms with van der Waals surface area (Å²) < 4.78 is 31.4. The second kappa shape index (κ2) is 6.81. The first-order chi connectivity index (χ1) is 9.91. The number of halogens is 2. The summed E-state index contributed by atoms with van der Waals surface area (Å²) >= 11 is 3.22. The van der Waals surface area contributed by atoms with Crippen molar-refractivity contribution in [2.75, 3.05) is 0 Å². The highest BCUT2D eigenvalue weighted by Crippen LogP contribution is 2.30. The van der Waals surface area contributed by atoms with Gasteiger partial charge < -0.3 is 9.30 Å². The summed E-state index contributed by atoms with van der Waals surface area (Å²) in [4.78, 5) is 4.01.